The molecule has 3 N–H and O–H groups in total. The Balaban J connectivity index is 1.44. The Morgan fingerprint density at radius 3 is 2.39 bits per heavy atom. The zero-order chi connectivity index (χ0) is 25.1. The maximum absolute atomic E-state index is 13.2. The van der Waals surface area contributed by atoms with Crippen LogP contribution in [0.4, 0.5) is 0 Å². The number of H-pyrrole nitrogens is 2. The van der Waals surface area contributed by atoms with Gasteiger partial charge >= 0.3 is 5.97 Å². The molecule has 0 spiro atoms. The molecule has 11 heteroatoms. The van der Waals surface area contributed by atoms with Crippen LogP contribution < -0.4 is 9.47 Å². The van der Waals surface area contributed by atoms with Crippen molar-refractivity contribution in [3.8, 4) is 17.2 Å². The second-order valence-corrected chi connectivity index (χ2v) is 10.8. The number of pyridine rings is 2. The SMILES string of the molecule is COc1c(OC(=O)Cc2c(Br)c(O)c(Br)c3c2[nH]c2cnccc23)cc2[nH]c3cnccc3c2c1I. The van der Waals surface area contributed by atoms with Crippen molar-refractivity contribution in [2.75, 3.05) is 7.11 Å². The van der Waals surface area contributed by atoms with E-state index in [4.69, 9.17) is 9.47 Å². The Hall–Kier alpha value is -2.90. The molecule has 0 bridgehead atoms. The van der Waals surface area contributed by atoms with E-state index in [0.29, 0.717) is 31.5 Å². The number of aromatic amines is 2. The highest BCUT2D eigenvalue weighted by Gasteiger charge is 2.24. The van der Waals surface area contributed by atoms with Gasteiger partial charge in [-0.15, -0.1) is 0 Å². The fourth-order valence-electron chi connectivity index (χ4n) is 4.53. The maximum Gasteiger partial charge on any atom is 0.315 e. The monoisotopic (exact) mass is 720 g/mol. The van der Waals surface area contributed by atoms with Crippen molar-refractivity contribution in [1.82, 2.24) is 19.9 Å². The van der Waals surface area contributed by atoms with Gasteiger partial charge in [0.15, 0.2) is 11.5 Å². The van der Waals surface area contributed by atoms with Crippen LogP contribution in [-0.4, -0.2) is 38.1 Å². The summed E-state index contributed by atoms with van der Waals surface area (Å²) in [5.41, 5.74) is 3.74. The van der Waals surface area contributed by atoms with Gasteiger partial charge < -0.3 is 24.5 Å². The highest BCUT2D eigenvalue weighted by molar-refractivity contribution is 14.1. The molecule has 0 aliphatic heterocycles. The lowest BCUT2D eigenvalue weighted by atomic mass is 10.1. The van der Waals surface area contributed by atoms with Crippen molar-refractivity contribution >= 4 is 104 Å². The third kappa shape index (κ3) is 3.55. The van der Waals surface area contributed by atoms with E-state index in [2.05, 4.69) is 74.4 Å². The minimum absolute atomic E-state index is 0.00301. The molecule has 0 saturated carbocycles. The van der Waals surface area contributed by atoms with Gasteiger partial charge in [-0.3, -0.25) is 14.8 Å². The predicted molar refractivity (Wildman–Crippen MR) is 153 cm³/mol. The molecule has 6 aromatic rings. The van der Waals surface area contributed by atoms with Crippen LogP contribution in [0, 0.1) is 3.57 Å². The number of aromatic hydroxyl groups is 1. The molecule has 0 radical (unpaired) electrons. The Morgan fingerprint density at radius 1 is 1.03 bits per heavy atom. The van der Waals surface area contributed by atoms with Crippen LogP contribution in [0.15, 0.2) is 51.9 Å². The van der Waals surface area contributed by atoms with Crippen molar-refractivity contribution in [2.24, 2.45) is 0 Å². The molecule has 0 unspecified atom stereocenters. The number of phenolic OH excluding ortho intramolecular Hbond substituents is 1. The summed E-state index contributed by atoms with van der Waals surface area (Å²) in [6, 6.07) is 5.54. The number of hydrogen-bond acceptors (Lipinski definition) is 6. The topological polar surface area (TPSA) is 113 Å². The smallest absolute Gasteiger partial charge is 0.315 e. The van der Waals surface area contributed by atoms with Gasteiger partial charge in [-0.2, -0.15) is 0 Å². The van der Waals surface area contributed by atoms with Crippen LogP contribution in [0.5, 0.6) is 17.2 Å². The van der Waals surface area contributed by atoms with Crippen molar-refractivity contribution in [3.05, 3.63) is 61.1 Å². The van der Waals surface area contributed by atoms with Crippen molar-refractivity contribution in [3.63, 3.8) is 0 Å². The number of carbonyl (C=O) groups is 1. The van der Waals surface area contributed by atoms with Crippen LogP contribution in [-0.2, 0) is 11.2 Å². The number of carbonyl (C=O) groups excluding carboxylic acids is 1. The fraction of sp³-hybridized carbons (Fsp3) is 0.0800. The van der Waals surface area contributed by atoms with Crippen molar-refractivity contribution in [2.45, 2.75) is 6.42 Å². The molecule has 2 aromatic carbocycles. The number of methoxy groups -OCH3 is 1. The molecule has 6 rings (SSSR count). The summed E-state index contributed by atoms with van der Waals surface area (Å²) >= 11 is 9.14. The quantitative estimate of drug-likeness (QED) is 0.106. The number of phenols is 1. The summed E-state index contributed by atoms with van der Waals surface area (Å²) in [7, 11) is 1.54. The van der Waals surface area contributed by atoms with E-state index in [1.54, 1.807) is 38.0 Å². The van der Waals surface area contributed by atoms with Crippen molar-refractivity contribution in [1.29, 1.82) is 0 Å². The molecule has 0 fully saturated rings. The van der Waals surface area contributed by atoms with Crippen LogP contribution >= 0.6 is 54.5 Å². The second kappa shape index (κ2) is 8.89. The van der Waals surface area contributed by atoms with Gasteiger partial charge in [-0.05, 0) is 66.6 Å². The molecule has 180 valence electrons. The van der Waals surface area contributed by atoms with Crippen LogP contribution in [0.25, 0.3) is 43.6 Å². The van der Waals surface area contributed by atoms with Gasteiger partial charge in [0.2, 0.25) is 0 Å². The van der Waals surface area contributed by atoms with Gasteiger partial charge in [-0.1, -0.05) is 0 Å². The Kier molecular flexibility index (Phi) is 5.80. The minimum atomic E-state index is -0.512. The molecule has 0 saturated heterocycles. The Morgan fingerprint density at radius 2 is 1.69 bits per heavy atom. The first-order chi connectivity index (χ1) is 17.4. The summed E-state index contributed by atoms with van der Waals surface area (Å²) in [5.74, 6) is 0.257. The normalized spacial score (nSPS) is 11.7. The molecule has 8 nitrogen and oxygen atoms in total. The van der Waals surface area contributed by atoms with E-state index >= 15 is 0 Å². The fourth-order valence-corrected chi connectivity index (χ4v) is 7.01. The summed E-state index contributed by atoms with van der Waals surface area (Å²) in [4.78, 5) is 28.2. The van der Waals surface area contributed by atoms with E-state index in [1.165, 1.54) is 0 Å². The largest absolute Gasteiger partial charge is 0.506 e. The van der Waals surface area contributed by atoms with E-state index in [9.17, 15) is 9.90 Å². The number of hydrogen-bond donors (Lipinski definition) is 3. The minimum Gasteiger partial charge on any atom is -0.506 e. The van der Waals surface area contributed by atoms with E-state index < -0.39 is 5.97 Å². The number of nitrogens with zero attached hydrogens (tertiary/aromatic N) is 2. The summed E-state index contributed by atoms with van der Waals surface area (Å²) in [6.45, 7) is 0. The zero-order valence-electron chi connectivity index (χ0n) is 18.4. The average molecular weight is 722 g/mol. The summed E-state index contributed by atoms with van der Waals surface area (Å²) < 4.78 is 13.2. The van der Waals surface area contributed by atoms with Gasteiger partial charge in [-0.25, -0.2) is 0 Å². The predicted octanol–water partition coefficient (Wildman–Crippen LogP) is 6.74. The number of esters is 1. The molecular weight excluding hydrogens is 707 g/mol. The third-order valence-corrected chi connectivity index (χ3v) is 8.75. The van der Waals surface area contributed by atoms with Crippen LogP contribution in [0.1, 0.15) is 5.56 Å². The Bertz CT molecular complexity index is 1860. The number of aromatic nitrogens is 4. The van der Waals surface area contributed by atoms with E-state index in [0.717, 1.165) is 41.7 Å². The Labute approximate surface area is 233 Å². The average Bonchev–Trinajstić information content (AvgIpc) is 3.44. The van der Waals surface area contributed by atoms with Crippen LogP contribution in [0.3, 0.4) is 0 Å². The maximum atomic E-state index is 13.2. The lowest BCUT2D eigenvalue weighted by molar-refractivity contribution is -0.133. The molecule has 4 aromatic heterocycles. The number of nitrogens with one attached hydrogen (secondary N) is 2. The van der Waals surface area contributed by atoms with E-state index in [1.807, 2.05) is 12.1 Å². The number of halogens is 3. The number of benzene rings is 2. The van der Waals surface area contributed by atoms with Gasteiger partial charge in [0.1, 0.15) is 5.75 Å². The molecule has 4 heterocycles. The first kappa shape index (κ1) is 23.5. The lowest BCUT2D eigenvalue weighted by Gasteiger charge is -2.14. The lowest BCUT2D eigenvalue weighted by Crippen LogP contribution is -2.13. The van der Waals surface area contributed by atoms with Gasteiger partial charge in [0.05, 0.1) is 60.5 Å². The molecule has 0 aliphatic carbocycles. The number of ether oxygens (including phenoxy) is 2. The third-order valence-electron chi connectivity index (χ3n) is 6.10. The van der Waals surface area contributed by atoms with Crippen molar-refractivity contribution < 1.29 is 19.4 Å². The molecular formula is C25H15Br2IN4O4. The molecule has 0 atom stereocenters. The number of rotatable bonds is 4. The molecule has 0 amide bonds. The zero-order valence-corrected chi connectivity index (χ0v) is 23.8. The first-order valence-corrected chi connectivity index (χ1v) is 13.3. The van der Waals surface area contributed by atoms with E-state index in [-0.39, 0.29) is 12.2 Å². The van der Waals surface area contributed by atoms with Crippen LogP contribution in [0.2, 0.25) is 0 Å². The second-order valence-electron chi connectivity index (χ2n) is 8.09. The highest BCUT2D eigenvalue weighted by atomic mass is 127. The summed E-state index contributed by atoms with van der Waals surface area (Å²) in [5, 5.41) is 14.4. The first-order valence-electron chi connectivity index (χ1n) is 10.7. The number of fused-ring (bicyclic) bond motifs is 6. The molecule has 36 heavy (non-hydrogen) atoms. The van der Waals surface area contributed by atoms with Gasteiger partial charge in [0.25, 0.3) is 0 Å². The standard InChI is InChI=1S/C25H15Br2IN4O4/c1-35-25-16(7-13-18(22(25)28)10-2-4-29-8-14(10)31-13)36-17(33)6-12-20(26)24(34)21(27)19-11-3-5-30-9-15(11)32-23(12)19/h2-5,7-9,31-32,34H,6H2,1H3. The summed E-state index contributed by atoms with van der Waals surface area (Å²) in [6.07, 6.45) is 6.76. The highest BCUT2D eigenvalue weighted by Crippen LogP contribution is 2.45. The van der Waals surface area contributed by atoms with Gasteiger partial charge in [0, 0.05) is 45.6 Å². The molecule has 0 aliphatic rings.